The van der Waals surface area contributed by atoms with Gasteiger partial charge in [0, 0.05) is 34.3 Å². The lowest BCUT2D eigenvalue weighted by atomic mass is 10.0. The van der Waals surface area contributed by atoms with Crippen molar-refractivity contribution in [2.45, 2.75) is 13.3 Å². The van der Waals surface area contributed by atoms with E-state index in [1.807, 2.05) is 48.5 Å². The average Bonchev–Trinajstić information content (AvgIpc) is 3.54. The number of halogens is 1. The zero-order chi connectivity index (χ0) is 24.4. The Kier molecular flexibility index (Phi) is 10.3. The zero-order valence-electron chi connectivity index (χ0n) is 18.6. The second-order valence-electron chi connectivity index (χ2n) is 7.79. The molecule has 1 saturated carbocycles. The number of ether oxygens (including phenoxy) is 1. The molecule has 0 aliphatic heterocycles. The molecule has 2 aromatic rings. The van der Waals surface area contributed by atoms with Gasteiger partial charge in [-0.2, -0.15) is 0 Å². The Bertz CT molecular complexity index is 955. The predicted octanol–water partition coefficient (Wildman–Crippen LogP) is 4.36. The summed E-state index contributed by atoms with van der Waals surface area (Å²) in [5, 5.41) is 15.6. The van der Waals surface area contributed by atoms with Crippen molar-refractivity contribution in [3.05, 3.63) is 76.3 Å². The smallest absolute Gasteiger partial charge is 0.328 e. The summed E-state index contributed by atoms with van der Waals surface area (Å²) < 4.78 is 6.86. The first-order valence-corrected chi connectivity index (χ1v) is 11.3. The van der Waals surface area contributed by atoms with Gasteiger partial charge < -0.3 is 19.8 Å². The molecule has 7 nitrogen and oxygen atoms in total. The summed E-state index contributed by atoms with van der Waals surface area (Å²) in [7, 11) is 2.16. The van der Waals surface area contributed by atoms with Crippen LogP contribution in [0, 0.1) is 11.8 Å². The van der Waals surface area contributed by atoms with Crippen LogP contribution in [0.25, 0.3) is 0 Å². The molecule has 1 aliphatic carbocycles. The number of hydrogen-bond donors (Lipinski definition) is 2. The lowest BCUT2D eigenvalue weighted by Crippen LogP contribution is -2.21. The Labute approximate surface area is 201 Å². The van der Waals surface area contributed by atoms with Gasteiger partial charge in [-0.15, -0.1) is 0 Å². The first-order chi connectivity index (χ1) is 15.7. The van der Waals surface area contributed by atoms with Crippen LogP contribution in [0.5, 0.6) is 5.75 Å². The molecule has 2 unspecified atom stereocenters. The van der Waals surface area contributed by atoms with E-state index in [2.05, 4.69) is 34.8 Å². The molecule has 8 heteroatoms. The fourth-order valence-corrected chi connectivity index (χ4v) is 3.35. The number of carboxylic acid groups (broad SMARTS) is 2. The molecule has 0 spiro atoms. The largest absolute Gasteiger partial charge is 0.493 e. The van der Waals surface area contributed by atoms with Gasteiger partial charge in [0.05, 0.1) is 6.61 Å². The SMILES string of the molecule is CCN(C)CC1CC1COc1ccc(C(=O)c2ccc(Br)cc2)cc1.O=C(O)/C=C/C(=O)O. The van der Waals surface area contributed by atoms with Gasteiger partial charge in [0.1, 0.15) is 5.75 Å². The van der Waals surface area contributed by atoms with Crippen LogP contribution in [-0.4, -0.2) is 59.6 Å². The third kappa shape index (κ3) is 9.59. The van der Waals surface area contributed by atoms with Crippen molar-refractivity contribution < 1.29 is 29.3 Å². The minimum absolute atomic E-state index is 0.0314. The summed E-state index contributed by atoms with van der Waals surface area (Å²) in [6, 6.07) is 14.9. The number of carbonyl (C=O) groups excluding carboxylic acids is 1. The van der Waals surface area contributed by atoms with Gasteiger partial charge in [-0.1, -0.05) is 22.9 Å². The van der Waals surface area contributed by atoms with Crippen molar-refractivity contribution in [2.24, 2.45) is 11.8 Å². The Morgan fingerprint density at radius 3 is 1.97 bits per heavy atom. The third-order valence-corrected chi connectivity index (χ3v) is 5.74. The fraction of sp³-hybridized carbons (Fsp3) is 0.320. The van der Waals surface area contributed by atoms with Gasteiger partial charge in [-0.05, 0) is 80.4 Å². The van der Waals surface area contributed by atoms with E-state index in [1.165, 1.54) is 6.42 Å². The van der Waals surface area contributed by atoms with E-state index >= 15 is 0 Å². The molecule has 0 heterocycles. The maximum Gasteiger partial charge on any atom is 0.328 e. The normalized spacial score (nSPS) is 16.7. The molecule has 176 valence electrons. The van der Waals surface area contributed by atoms with E-state index < -0.39 is 11.9 Å². The molecule has 3 rings (SSSR count). The maximum atomic E-state index is 12.5. The lowest BCUT2D eigenvalue weighted by molar-refractivity contribution is -0.134. The highest BCUT2D eigenvalue weighted by molar-refractivity contribution is 9.10. The van der Waals surface area contributed by atoms with Crippen molar-refractivity contribution in [3.63, 3.8) is 0 Å². The minimum Gasteiger partial charge on any atom is -0.493 e. The van der Waals surface area contributed by atoms with Gasteiger partial charge in [-0.3, -0.25) is 4.79 Å². The van der Waals surface area contributed by atoms with Gasteiger partial charge in [0.15, 0.2) is 5.78 Å². The molecule has 1 fully saturated rings. The summed E-state index contributed by atoms with van der Waals surface area (Å²) in [5.41, 5.74) is 1.38. The van der Waals surface area contributed by atoms with Gasteiger partial charge in [-0.25, -0.2) is 9.59 Å². The summed E-state index contributed by atoms with van der Waals surface area (Å²) in [6.45, 7) is 5.20. The van der Waals surface area contributed by atoms with Crippen LogP contribution in [0.4, 0.5) is 0 Å². The molecule has 0 amide bonds. The number of benzene rings is 2. The lowest BCUT2D eigenvalue weighted by Gasteiger charge is -2.13. The van der Waals surface area contributed by atoms with Gasteiger partial charge >= 0.3 is 11.9 Å². The molecule has 2 aromatic carbocycles. The van der Waals surface area contributed by atoms with Crippen LogP contribution in [-0.2, 0) is 9.59 Å². The molecule has 33 heavy (non-hydrogen) atoms. The van der Waals surface area contributed by atoms with Crippen LogP contribution in [0.1, 0.15) is 29.3 Å². The maximum absolute atomic E-state index is 12.5. The standard InChI is InChI=1S/C21H24BrNO2.C4H4O4/c1-3-23(2)13-17-12-18(17)14-25-20-10-6-16(7-11-20)21(24)15-4-8-19(22)9-5-15;5-3(6)1-2-4(7)8/h4-11,17-18H,3,12-14H2,1-2H3;1-2H,(H,5,6)(H,7,8)/b;2-1+. The predicted molar refractivity (Wildman–Crippen MR) is 129 cm³/mol. The Morgan fingerprint density at radius 1 is 0.970 bits per heavy atom. The van der Waals surface area contributed by atoms with Crippen molar-refractivity contribution in [1.29, 1.82) is 0 Å². The van der Waals surface area contributed by atoms with Crippen LogP contribution < -0.4 is 4.74 Å². The number of rotatable bonds is 10. The monoisotopic (exact) mass is 517 g/mol. The van der Waals surface area contributed by atoms with Crippen LogP contribution in [0.2, 0.25) is 0 Å². The second kappa shape index (κ2) is 12.9. The minimum atomic E-state index is -1.26. The van der Waals surface area contributed by atoms with Crippen molar-refractivity contribution in [2.75, 3.05) is 26.7 Å². The van der Waals surface area contributed by atoms with E-state index in [0.717, 1.165) is 35.8 Å². The molecule has 1 aliphatic rings. The average molecular weight is 518 g/mol. The molecule has 2 atom stereocenters. The Balaban J connectivity index is 0.000000414. The summed E-state index contributed by atoms with van der Waals surface area (Å²) in [4.78, 5) is 33.9. The van der Waals surface area contributed by atoms with E-state index in [-0.39, 0.29) is 5.78 Å². The second-order valence-corrected chi connectivity index (χ2v) is 8.71. The molecule has 2 N–H and O–H groups in total. The molecule has 0 radical (unpaired) electrons. The van der Waals surface area contributed by atoms with Crippen molar-refractivity contribution in [3.8, 4) is 5.75 Å². The highest BCUT2D eigenvalue weighted by Crippen LogP contribution is 2.39. The highest BCUT2D eigenvalue weighted by atomic mass is 79.9. The highest BCUT2D eigenvalue weighted by Gasteiger charge is 2.37. The fourth-order valence-electron chi connectivity index (χ4n) is 3.08. The molecule has 0 bridgehead atoms. The van der Waals surface area contributed by atoms with Crippen LogP contribution in [0.15, 0.2) is 65.2 Å². The summed E-state index contributed by atoms with van der Waals surface area (Å²) in [6.07, 6.45) is 2.37. The summed E-state index contributed by atoms with van der Waals surface area (Å²) >= 11 is 3.39. The van der Waals surface area contributed by atoms with E-state index in [0.29, 0.717) is 29.2 Å². The van der Waals surface area contributed by atoms with E-state index in [4.69, 9.17) is 14.9 Å². The quantitative estimate of drug-likeness (QED) is 0.356. The van der Waals surface area contributed by atoms with Gasteiger partial charge in [0.25, 0.3) is 0 Å². The first kappa shape index (κ1) is 26.3. The topological polar surface area (TPSA) is 104 Å². The Hall–Kier alpha value is -2.97. The third-order valence-electron chi connectivity index (χ3n) is 5.21. The van der Waals surface area contributed by atoms with E-state index in [9.17, 15) is 14.4 Å². The number of carbonyl (C=O) groups is 3. The number of carboxylic acids is 2. The van der Waals surface area contributed by atoms with Crippen LogP contribution >= 0.6 is 15.9 Å². The number of nitrogens with zero attached hydrogens (tertiary/aromatic N) is 1. The Morgan fingerprint density at radius 2 is 1.48 bits per heavy atom. The van der Waals surface area contributed by atoms with Crippen molar-refractivity contribution >= 4 is 33.7 Å². The molecule has 0 saturated heterocycles. The number of aliphatic carboxylic acids is 2. The van der Waals surface area contributed by atoms with Gasteiger partial charge in [0.2, 0.25) is 0 Å². The zero-order valence-corrected chi connectivity index (χ0v) is 20.2. The van der Waals surface area contributed by atoms with Crippen molar-refractivity contribution in [1.82, 2.24) is 4.90 Å². The number of hydrogen-bond acceptors (Lipinski definition) is 5. The summed E-state index contributed by atoms with van der Waals surface area (Å²) in [5.74, 6) is -0.216. The molecular weight excluding hydrogens is 490 g/mol. The van der Waals surface area contributed by atoms with E-state index in [1.54, 1.807) is 0 Å². The number of ketones is 1. The van der Waals surface area contributed by atoms with Crippen LogP contribution in [0.3, 0.4) is 0 Å². The molecule has 0 aromatic heterocycles. The molecular formula is C25H28BrNO6. The first-order valence-electron chi connectivity index (χ1n) is 10.5.